The zero-order chi connectivity index (χ0) is 11.5. The molecular weight excluding hydrogens is 218 g/mol. The molecule has 0 saturated heterocycles. The second-order valence-corrected chi connectivity index (χ2v) is 4.15. The van der Waals surface area contributed by atoms with Crippen molar-refractivity contribution in [1.82, 2.24) is 4.98 Å². The van der Waals surface area contributed by atoms with Gasteiger partial charge in [0.25, 0.3) is 0 Å². The van der Waals surface area contributed by atoms with E-state index in [1.54, 1.807) is 0 Å². The standard InChI is InChI=1S/C14H14ClN/c1-3-12-9-13(10(2)14(15)16-12)11-7-5-4-6-8-11/h4-9H,3H2,1-2H3. The van der Waals surface area contributed by atoms with Crippen LogP contribution in [0.1, 0.15) is 18.2 Å². The van der Waals surface area contributed by atoms with Gasteiger partial charge in [0.05, 0.1) is 0 Å². The number of aryl methyl sites for hydroxylation is 1. The van der Waals surface area contributed by atoms with Gasteiger partial charge in [-0.05, 0) is 36.1 Å². The van der Waals surface area contributed by atoms with Crippen LogP contribution < -0.4 is 0 Å². The van der Waals surface area contributed by atoms with Gasteiger partial charge < -0.3 is 0 Å². The lowest BCUT2D eigenvalue weighted by Crippen LogP contribution is -1.93. The van der Waals surface area contributed by atoms with E-state index in [1.165, 1.54) is 11.1 Å². The SMILES string of the molecule is CCc1cc(-c2ccccc2)c(C)c(Cl)n1. The first-order chi connectivity index (χ1) is 7.72. The average molecular weight is 232 g/mol. The fourth-order valence-electron chi connectivity index (χ4n) is 1.73. The minimum absolute atomic E-state index is 0.609. The highest BCUT2D eigenvalue weighted by Gasteiger charge is 2.07. The van der Waals surface area contributed by atoms with E-state index in [0.29, 0.717) is 5.15 Å². The van der Waals surface area contributed by atoms with Gasteiger partial charge in [-0.25, -0.2) is 4.98 Å². The molecule has 0 amide bonds. The Balaban J connectivity index is 2.60. The largest absolute Gasteiger partial charge is 0.241 e. The van der Waals surface area contributed by atoms with Crippen molar-refractivity contribution in [2.45, 2.75) is 20.3 Å². The number of benzene rings is 1. The van der Waals surface area contributed by atoms with Crippen molar-refractivity contribution in [3.8, 4) is 11.1 Å². The summed E-state index contributed by atoms with van der Waals surface area (Å²) >= 11 is 6.14. The molecule has 0 unspecified atom stereocenters. The van der Waals surface area contributed by atoms with E-state index < -0.39 is 0 Å². The molecule has 0 aliphatic rings. The maximum atomic E-state index is 6.14. The van der Waals surface area contributed by atoms with Crippen molar-refractivity contribution in [3.05, 3.63) is 52.8 Å². The molecule has 2 aromatic rings. The van der Waals surface area contributed by atoms with Crippen LogP contribution in [0, 0.1) is 6.92 Å². The summed E-state index contributed by atoms with van der Waals surface area (Å²) in [5, 5.41) is 0.609. The maximum absolute atomic E-state index is 6.14. The summed E-state index contributed by atoms with van der Waals surface area (Å²) in [7, 11) is 0. The van der Waals surface area contributed by atoms with Crippen LogP contribution in [0.2, 0.25) is 5.15 Å². The van der Waals surface area contributed by atoms with Crippen LogP contribution in [0.25, 0.3) is 11.1 Å². The van der Waals surface area contributed by atoms with Crippen molar-refractivity contribution in [3.63, 3.8) is 0 Å². The van der Waals surface area contributed by atoms with E-state index in [1.807, 2.05) is 25.1 Å². The molecule has 0 radical (unpaired) electrons. The topological polar surface area (TPSA) is 12.9 Å². The van der Waals surface area contributed by atoms with Crippen LogP contribution in [-0.2, 0) is 6.42 Å². The molecule has 2 rings (SSSR count). The summed E-state index contributed by atoms with van der Waals surface area (Å²) in [6, 6.07) is 12.4. The summed E-state index contributed by atoms with van der Waals surface area (Å²) in [6.07, 6.45) is 0.903. The van der Waals surface area contributed by atoms with Gasteiger partial charge >= 0.3 is 0 Å². The highest BCUT2D eigenvalue weighted by Crippen LogP contribution is 2.28. The molecule has 2 heteroatoms. The van der Waals surface area contributed by atoms with Gasteiger partial charge in [0.1, 0.15) is 5.15 Å². The van der Waals surface area contributed by atoms with E-state index >= 15 is 0 Å². The Kier molecular flexibility index (Phi) is 3.25. The molecule has 82 valence electrons. The highest BCUT2D eigenvalue weighted by atomic mass is 35.5. The Hall–Kier alpha value is -1.34. The molecule has 1 aromatic heterocycles. The van der Waals surface area contributed by atoms with Crippen LogP contribution in [-0.4, -0.2) is 4.98 Å². The molecule has 0 aliphatic carbocycles. The number of nitrogens with zero attached hydrogens (tertiary/aromatic N) is 1. The Labute approximate surface area is 101 Å². The van der Waals surface area contributed by atoms with E-state index in [2.05, 4.69) is 30.1 Å². The molecule has 0 spiro atoms. The summed E-state index contributed by atoms with van der Waals surface area (Å²) in [4.78, 5) is 4.34. The Morgan fingerprint density at radius 1 is 1.19 bits per heavy atom. The van der Waals surface area contributed by atoms with Crippen LogP contribution in [0.3, 0.4) is 0 Å². The second kappa shape index (κ2) is 4.67. The summed E-state index contributed by atoms with van der Waals surface area (Å²) in [5.41, 5.74) is 4.45. The molecule has 0 N–H and O–H groups in total. The van der Waals surface area contributed by atoms with E-state index in [-0.39, 0.29) is 0 Å². The lowest BCUT2D eigenvalue weighted by atomic mass is 10.0. The quantitative estimate of drug-likeness (QED) is 0.704. The molecule has 0 fully saturated rings. The second-order valence-electron chi connectivity index (χ2n) is 3.80. The Bertz CT molecular complexity index is 492. The van der Waals surface area contributed by atoms with Crippen molar-refractivity contribution in [2.75, 3.05) is 0 Å². The monoisotopic (exact) mass is 231 g/mol. The van der Waals surface area contributed by atoms with Gasteiger partial charge in [0.15, 0.2) is 0 Å². The maximum Gasteiger partial charge on any atom is 0.132 e. The van der Waals surface area contributed by atoms with Crippen molar-refractivity contribution < 1.29 is 0 Å². The van der Waals surface area contributed by atoms with E-state index in [4.69, 9.17) is 11.6 Å². The summed E-state index contributed by atoms with van der Waals surface area (Å²) in [5.74, 6) is 0. The molecular formula is C14H14ClN. The zero-order valence-corrected chi connectivity index (χ0v) is 10.3. The van der Waals surface area contributed by atoms with Crippen LogP contribution in [0.15, 0.2) is 36.4 Å². The van der Waals surface area contributed by atoms with Crippen LogP contribution in [0.4, 0.5) is 0 Å². The molecule has 0 atom stereocenters. The first kappa shape index (κ1) is 11.2. The van der Waals surface area contributed by atoms with Gasteiger partial charge in [0, 0.05) is 5.69 Å². The molecule has 1 heterocycles. The third kappa shape index (κ3) is 2.10. The predicted octanol–water partition coefficient (Wildman–Crippen LogP) is 4.27. The fraction of sp³-hybridized carbons (Fsp3) is 0.214. The minimum Gasteiger partial charge on any atom is -0.241 e. The highest BCUT2D eigenvalue weighted by molar-refractivity contribution is 6.30. The normalized spacial score (nSPS) is 10.4. The molecule has 0 saturated carbocycles. The first-order valence-electron chi connectivity index (χ1n) is 5.43. The predicted molar refractivity (Wildman–Crippen MR) is 68.8 cm³/mol. The van der Waals surface area contributed by atoms with E-state index in [0.717, 1.165) is 17.7 Å². The Morgan fingerprint density at radius 3 is 2.50 bits per heavy atom. The lowest BCUT2D eigenvalue weighted by molar-refractivity contribution is 1.03. The van der Waals surface area contributed by atoms with Gasteiger partial charge in [0.2, 0.25) is 0 Å². The zero-order valence-electron chi connectivity index (χ0n) is 9.50. The molecule has 16 heavy (non-hydrogen) atoms. The first-order valence-corrected chi connectivity index (χ1v) is 5.81. The van der Waals surface area contributed by atoms with Gasteiger partial charge in [-0.1, -0.05) is 48.9 Å². The number of aromatic nitrogens is 1. The number of pyridine rings is 1. The molecule has 0 aliphatic heterocycles. The minimum atomic E-state index is 0.609. The molecule has 1 aromatic carbocycles. The lowest BCUT2D eigenvalue weighted by Gasteiger charge is -2.09. The number of rotatable bonds is 2. The van der Waals surface area contributed by atoms with Crippen LogP contribution in [0.5, 0.6) is 0 Å². The van der Waals surface area contributed by atoms with Crippen LogP contribution >= 0.6 is 11.6 Å². The number of halogens is 1. The smallest absolute Gasteiger partial charge is 0.132 e. The summed E-state index contributed by atoms with van der Waals surface area (Å²) in [6.45, 7) is 4.10. The molecule has 1 nitrogen and oxygen atoms in total. The Morgan fingerprint density at radius 2 is 1.88 bits per heavy atom. The number of hydrogen-bond donors (Lipinski definition) is 0. The summed E-state index contributed by atoms with van der Waals surface area (Å²) < 4.78 is 0. The van der Waals surface area contributed by atoms with Gasteiger partial charge in [-0.3, -0.25) is 0 Å². The third-order valence-corrected chi connectivity index (χ3v) is 3.08. The van der Waals surface area contributed by atoms with E-state index in [9.17, 15) is 0 Å². The molecule has 0 bridgehead atoms. The fourth-order valence-corrected chi connectivity index (χ4v) is 1.94. The van der Waals surface area contributed by atoms with Crippen molar-refractivity contribution >= 4 is 11.6 Å². The van der Waals surface area contributed by atoms with Crippen molar-refractivity contribution in [2.24, 2.45) is 0 Å². The number of hydrogen-bond acceptors (Lipinski definition) is 1. The third-order valence-electron chi connectivity index (χ3n) is 2.71. The van der Waals surface area contributed by atoms with Crippen molar-refractivity contribution in [1.29, 1.82) is 0 Å². The van der Waals surface area contributed by atoms with Gasteiger partial charge in [-0.15, -0.1) is 0 Å². The average Bonchev–Trinajstić information content (AvgIpc) is 2.33. The van der Waals surface area contributed by atoms with Gasteiger partial charge in [-0.2, -0.15) is 0 Å².